The molecule has 0 saturated carbocycles. The van der Waals surface area contributed by atoms with E-state index in [-0.39, 0.29) is 11.4 Å². The molecule has 0 aliphatic carbocycles. The Balaban J connectivity index is 2.29. The Morgan fingerprint density at radius 2 is 2.29 bits per heavy atom. The van der Waals surface area contributed by atoms with E-state index in [1.807, 2.05) is 0 Å². The van der Waals surface area contributed by atoms with E-state index >= 15 is 0 Å². The molecular formula is C4H8O2S. The predicted octanol–water partition coefficient (Wildman–Crippen LogP) is -0.323. The van der Waals surface area contributed by atoms with Crippen molar-refractivity contribution in [1.82, 2.24) is 0 Å². The number of aliphatic hydroxyl groups excluding tert-OH is 1. The molecule has 3 heteroatoms. The molecule has 1 saturated heterocycles. The Bertz CT molecular complexity index is 64.6. The lowest BCUT2D eigenvalue weighted by atomic mass is 10.1. The van der Waals surface area contributed by atoms with Crippen LogP contribution in [0.1, 0.15) is 0 Å². The van der Waals surface area contributed by atoms with Crippen molar-refractivity contribution in [3.8, 4) is 0 Å². The summed E-state index contributed by atoms with van der Waals surface area (Å²) >= 11 is 4.10. The van der Waals surface area contributed by atoms with Crippen molar-refractivity contribution in [2.45, 2.75) is 4.75 Å². The van der Waals surface area contributed by atoms with Gasteiger partial charge in [-0.3, -0.25) is 0 Å². The summed E-state index contributed by atoms with van der Waals surface area (Å²) in [6, 6.07) is 0. The lowest BCUT2D eigenvalue weighted by Gasteiger charge is -2.34. The first-order valence-electron chi connectivity index (χ1n) is 2.18. The molecule has 1 rings (SSSR count). The molecule has 2 nitrogen and oxygen atoms in total. The summed E-state index contributed by atoms with van der Waals surface area (Å²) < 4.78 is 4.58. The van der Waals surface area contributed by atoms with Crippen molar-refractivity contribution < 1.29 is 9.84 Å². The zero-order valence-corrected chi connectivity index (χ0v) is 4.82. The topological polar surface area (TPSA) is 29.5 Å². The maximum Gasteiger partial charge on any atom is 0.0826 e. The van der Waals surface area contributed by atoms with Crippen molar-refractivity contribution in [2.24, 2.45) is 0 Å². The van der Waals surface area contributed by atoms with Gasteiger partial charge in [-0.15, -0.1) is 0 Å². The van der Waals surface area contributed by atoms with E-state index in [4.69, 9.17) is 9.84 Å². The summed E-state index contributed by atoms with van der Waals surface area (Å²) in [6.45, 7) is 1.30. The van der Waals surface area contributed by atoms with E-state index in [9.17, 15) is 0 Å². The molecule has 0 amide bonds. The molecule has 0 spiro atoms. The van der Waals surface area contributed by atoms with Crippen LogP contribution in [0.25, 0.3) is 0 Å². The number of thiol groups is 1. The molecule has 1 N–H and O–H groups in total. The maximum absolute atomic E-state index is 8.49. The Kier molecular flexibility index (Phi) is 1.28. The SMILES string of the molecule is OCC1(S)COC1. The summed E-state index contributed by atoms with van der Waals surface area (Å²) in [6.07, 6.45) is 0. The van der Waals surface area contributed by atoms with Crippen molar-refractivity contribution in [3.05, 3.63) is 0 Å². The minimum Gasteiger partial charge on any atom is -0.395 e. The quantitative estimate of drug-likeness (QED) is 0.464. The number of ether oxygens (including phenoxy) is 1. The first-order valence-corrected chi connectivity index (χ1v) is 2.63. The Hall–Kier alpha value is 0.270. The first-order chi connectivity index (χ1) is 3.27. The molecule has 0 aromatic heterocycles. The molecule has 7 heavy (non-hydrogen) atoms. The summed E-state index contributed by atoms with van der Waals surface area (Å²) in [5.41, 5.74) is 0. The van der Waals surface area contributed by atoms with Gasteiger partial charge in [-0.25, -0.2) is 0 Å². The fourth-order valence-corrected chi connectivity index (χ4v) is 0.612. The third-order valence-electron chi connectivity index (χ3n) is 1.04. The minimum atomic E-state index is -0.208. The van der Waals surface area contributed by atoms with Gasteiger partial charge < -0.3 is 9.84 Å². The Morgan fingerprint density at radius 1 is 1.71 bits per heavy atom. The summed E-state index contributed by atoms with van der Waals surface area (Å²) in [5, 5.41) is 8.49. The molecule has 42 valence electrons. The average Bonchev–Trinajstić information content (AvgIpc) is 1.61. The summed E-state index contributed by atoms with van der Waals surface area (Å²) in [7, 11) is 0. The molecule has 1 fully saturated rings. The molecule has 0 unspecified atom stereocenters. The molecule has 0 bridgehead atoms. The summed E-state index contributed by atoms with van der Waals surface area (Å²) in [5.74, 6) is 0. The highest BCUT2D eigenvalue weighted by Crippen LogP contribution is 2.22. The van der Waals surface area contributed by atoms with Gasteiger partial charge in [0.1, 0.15) is 0 Å². The van der Waals surface area contributed by atoms with E-state index in [2.05, 4.69) is 12.6 Å². The average molecular weight is 120 g/mol. The molecule has 1 aliphatic heterocycles. The lowest BCUT2D eigenvalue weighted by Crippen LogP contribution is -2.47. The lowest BCUT2D eigenvalue weighted by molar-refractivity contribution is -0.0307. The van der Waals surface area contributed by atoms with Crippen LogP contribution in [0.5, 0.6) is 0 Å². The third-order valence-corrected chi connectivity index (χ3v) is 1.44. The Morgan fingerprint density at radius 3 is 2.29 bits per heavy atom. The van der Waals surface area contributed by atoms with Crippen LogP contribution in [0.3, 0.4) is 0 Å². The Labute approximate surface area is 47.9 Å². The number of rotatable bonds is 1. The molecule has 0 aromatic carbocycles. The molecule has 1 aliphatic rings. The van der Waals surface area contributed by atoms with E-state index in [0.717, 1.165) is 0 Å². The van der Waals surface area contributed by atoms with Crippen molar-refractivity contribution in [3.63, 3.8) is 0 Å². The number of hydrogen-bond donors (Lipinski definition) is 2. The monoisotopic (exact) mass is 120 g/mol. The van der Waals surface area contributed by atoms with Gasteiger partial charge >= 0.3 is 0 Å². The van der Waals surface area contributed by atoms with E-state index in [1.165, 1.54) is 0 Å². The van der Waals surface area contributed by atoms with Crippen molar-refractivity contribution in [2.75, 3.05) is 19.8 Å². The van der Waals surface area contributed by atoms with Crippen molar-refractivity contribution in [1.29, 1.82) is 0 Å². The molecule has 0 atom stereocenters. The predicted molar refractivity (Wildman–Crippen MR) is 29.6 cm³/mol. The van der Waals surface area contributed by atoms with Gasteiger partial charge in [0, 0.05) is 0 Å². The highest BCUT2D eigenvalue weighted by atomic mass is 32.1. The van der Waals surface area contributed by atoms with Crippen molar-refractivity contribution >= 4 is 12.6 Å². The van der Waals surface area contributed by atoms with Crippen LogP contribution in [0.4, 0.5) is 0 Å². The molecule has 0 aromatic rings. The normalized spacial score (nSPS) is 26.6. The fraction of sp³-hybridized carbons (Fsp3) is 1.00. The van der Waals surface area contributed by atoms with Crippen LogP contribution in [-0.2, 0) is 4.74 Å². The fourth-order valence-electron chi connectivity index (χ4n) is 0.429. The number of hydrogen-bond acceptors (Lipinski definition) is 3. The van der Waals surface area contributed by atoms with Crippen LogP contribution in [0.2, 0.25) is 0 Å². The van der Waals surface area contributed by atoms with Crippen LogP contribution in [0, 0.1) is 0 Å². The van der Waals surface area contributed by atoms with Crippen LogP contribution in [-0.4, -0.2) is 29.7 Å². The van der Waals surface area contributed by atoms with Gasteiger partial charge in [0.05, 0.1) is 24.6 Å². The largest absolute Gasteiger partial charge is 0.395 e. The van der Waals surface area contributed by atoms with Gasteiger partial charge in [-0.1, -0.05) is 0 Å². The van der Waals surface area contributed by atoms with E-state index in [1.54, 1.807) is 0 Å². The molecule has 0 radical (unpaired) electrons. The zero-order chi connectivity index (χ0) is 5.33. The van der Waals surface area contributed by atoms with Gasteiger partial charge in [-0.05, 0) is 0 Å². The number of aliphatic hydroxyl groups is 1. The maximum atomic E-state index is 8.49. The van der Waals surface area contributed by atoms with Crippen LogP contribution in [0.15, 0.2) is 0 Å². The second kappa shape index (κ2) is 1.65. The van der Waals surface area contributed by atoms with Gasteiger partial charge in [0.25, 0.3) is 0 Å². The van der Waals surface area contributed by atoms with E-state index < -0.39 is 0 Å². The standard InChI is InChI=1S/C4H8O2S/c5-1-4(7)2-6-3-4/h5,7H,1-3H2. The van der Waals surface area contributed by atoms with Gasteiger partial charge in [0.2, 0.25) is 0 Å². The molecule has 1 heterocycles. The van der Waals surface area contributed by atoms with Crippen LogP contribution >= 0.6 is 12.6 Å². The second-order valence-corrected chi connectivity index (χ2v) is 2.82. The molecular weight excluding hydrogens is 112 g/mol. The van der Waals surface area contributed by atoms with Crippen LogP contribution < -0.4 is 0 Å². The summed E-state index contributed by atoms with van der Waals surface area (Å²) in [4.78, 5) is 0. The third kappa shape index (κ3) is 0.900. The smallest absolute Gasteiger partial charge is 0.0826 e. The van der Waals surface area contributed by atoms with Gasteiger partial charge in [-0.2, -0.15) is 12.6 Å². The zero-order valence-electron chi connectivity index (χ0n) is 3.92. The minimum absolute atomic E-state index is 0.121. The van der Waals surface area contributed by atoms with E-state index in [0.29, 0.717) is 13.2 Å². The highest BCUT2D eigenvalue weighted by Gasteiger charge is 2.33. The second-order valence-electron chi connectivity index (χ2n) is 1.88. The first kappa shape index (κ1) is 5.41. The van der Waals surface area contributed by atoms with Gasteiger partial charge in [0.15, 0.2) is 0 Å². The highest BCUT2D eigenvalue weighted by molar-refractivity contribution is 7.82.